The molecule has 0 spiro atoms. The summed E-state index contributed by atoms with van der Waals surface area (Å²) in [7, 11) is 0. The third-order valence-electron chi connectivity index (χ3n) is 7.31. The number of hydrogen-bond donors (Lipinski definition) is 1. The highest BCUT2D eigenvalue weighted by Crippen LogP contribution is 2.46. The van der Waals surface area contributed by atoms with Crippen LogP contribution >= 0.6 is 11.3 Å². The molecule has 1 aromatic heterocycles. The molecular formula is C34H36N2O9S. The Balaban J connectivity index is 1.65. The highest BCUT2D eigenvalue weighted by molar-refractivity contribution is 7.17. The van der Waals surface area contributed by atoms with E-state index in [1.807, 2.05) is 6.92 Å². The van der Waals surface area contributed by atoms with E-state index in [1.165, 1.54) is 11.0 Å². The molecule has 1 amide bonds. The van der Waals surface area contributed by atoms with Crippen LogP contribution in [0, 0.1) is 12.8 Å². The lowest BCUT2D eigenvalue weighted by atomic mass is 9.95. The summed E-state index contributed by atoms with van der Waals surface area (Å²) in [5.41, 5.74) is 0.878. The van der Waals surface area contributed by atoms with Gasteiger partial charge in [0.05, 0.1) is 30.5 Å². The van der Waals surface area contributed by atoms with Crippen molar-refractivity contribution in [3.8, 4) is 23.0 Å². The summed E-state index contributed by atoms with van der Waals surface area (Å²) in [6.07, 6.45) is 2.28. The topological polar surface area (TPSA) is 134 Å². The van der Waals surface area contributed by atoms with Crippen molar-refractivity contribution < 1.29 is 43.2 Å². The van der Waals surface area contributed by atoms with Gasteiger partial charge in [-0.3, -0.25) is 14.5 Å². The standard InChI is InChI=1S/C34H36N2O9S/c1-6-13-45-33(40)31-20(5)35-34(46-31)36-28(21-8-10-23(25(17-21)41-7-2)42-14-12-19(3)4)27(30(38)32(36)39)29(37)22-9-11-24-26(18-22)44-16-15-43-24/h6,8-11,17-19,28,37H,1,7,12-16H2,2-5H3/b29-27+/t28-/m0/s1. The zero-order chi connectivity index (χ0) is 33.0. The number of aliphatic hydroxyl groups excluding tert-OH is 1. The molecule has 46 heavy (non-hydrogen) atoms. The van der Waals surface area contributed by atoms with E-state index in [0.717, 1.165) is 17.8 Å². The molecule has 12 heteroatoms. The van der Waals surface area contributed by atoms with Crippen molar-refractivity contribution in [3.63, 3.8) is 0 Å². The van der Waals surface area contributed by atoms with Gasteiger partial charge in [0.2, 0.25) is 0 Å². The van der Waals surface area contributed by atoms with E-state index in [1.54, 1.807) is 43.3 Å². The Hall–Kier alpha value is -4.84. The zero-order valence-corrected chi connectivity index (χ0v) is 27.0. The fourth-order valence-corrected chi connectivity index (χ4v) is 6.04. The maximum atomic E-state index is 13.8. The number of fused-ring (bicyclic) bond motifs is 1. The summed E-state index contributed by atoms with van der Waals surface area (Å²) in [5.74, 6) is -0.607. The smallest absolute Gasteiger partial charge is 0.350 e. The van der Waals surface area contributed by atoms with E-state index in [0.29, 0.717) is 66.6 Å². The summed E-state index contributed by atoms with van der Waals surface area (Å²) < 4.78 is 28.4. The number of Topliss-reactive ketones (excluding diaryl/α,β-unsaturated/α-hetero) is 1. The molecule has 0 radical (unpaired) electrons. The largest absolute Gasteiger partial charge is 0.507 e. The van der Waals surface area contributed by atoms with Crippen LogP contribution in [-0.2, 0) is 14.3 Å². The average molecular weight is 649 g/mol. The quantitative estimate of drug-likeness (QED) is 0.0818. The van der Waals surface area contributed by atoms with Gasteiger partial charge < -0.3 is 28.8 Å². The molecule has 2 aliphatic heterocycles. The minimum Gasteiger partial charge on any atom is -0.507 e. The number of amides is 1. The van der Waals surface area contributed by atoms with Gasteiger partial charge in [-0.1, -0.05) is 43.9 Å². The number of aliphatic hydroxyl groups is 1. The second-order valence-electron chi connectivity index (χ2n) is 11.0. The molecule has 3 aromatic rings. The molecule has 242 valence electrons. The Morgan fingerprint density at radius 2 is 1.89 bits per heavy atom. The molecule has 0 saturated carbocycles. The summed E-state index contributed by atoms with van der Waals surface area (Å²) >= 11 is 0.915. The summed E-state index contributed by atoms with van der Waals surface area (Å²) in [5, 5.41) is 11.8. The van der Waals surface area contributed by atoms with E-state index in [9.17, 15) is 19.5 Å². The van der Waals surface area contributed by atoms with E-state index >= 15 is 0 Å². The van der Waals surface area contributed by atoms with Crippen molar-refractivity contribution in [1.29, 1.82) is 0 Å². The second kappa shape index (κ2) is 14.1. The molecule has 1 fully saturated rings. The zero-order valence-electron chi connectivity index (χ0n) is 26.2. The Labute approximate surface area is 271 Å². The number of ether oxygens (including phenoxy) is 5. The van der Waals surface area contributed by atoms with Crippen LogP contribution < -0.4 is 23.8 Å². The number of thiazole rings is 1. The Bertz CT molecular complexity index is 1690. The lowest BCUT2D eigenvalue weighted by Crippen LogP contribution is -2.29. The van der Waals surface area contributed by atoms with Crippen LogP contribution in [0.4, 0.5) is 5.13 Å². The van der Waals surface area contributed by atoms with Gasteiger partial charge >= 0.3 is 11.9 Å². The number of hydrogen-bond acceptors (Lipinski definition) is 11. The van der Waals surface area contributed by atoms with Crippen LogP contribution in [0.25, 0.3) is 5.76 Å². The first-order valence-corrected chi connectivity index (χ1v) is 15.8. The fraction of sp³-hybridized carbons (Fsp3) is 0.353. The first-order valence-electron chi connectivity index (χ1n) is 15.0. The third kappa shape index (κ3) is 6.57. The molecule has 0 aliphatic carbocycles. The molecule has 1 N–H and O–H groups in total. The monoisotopic (exact) mass is 648 g/mol. The van der Waals surface area contributed by atoms with Crippen LogP contribution in [-0.4, -0.2) is 60.8 Å². The Kier molecular flexibility index (Phi) is 9.96. The lowest BCUT2D eigenvalue weighted by molar-refractivity contribution is -0.132. The van der Waals surface area contributed by atoms with E-state index in [4.69, 9.17) is 23.7 Å². The van der Waals surface area contributed by atoms with Crippen molar-refractivity contribution >= 4 is 39.9 Å². The first-order chi connectivity index (χ1) is 22.1. The molecule has 1 saturated heterocycles. The maximum Gasteiger partial charge on any atom is 0.350 e. The number of anilines is 1. The molecular weight excluding hydrogens is 612 g/mol. The lowest BCUT2D eigenvalue weighted by Gasteiger charge is -2.24. The number of nitrogens with zero attached hydrogens (tertiary/aromatic N) is 2. The molecule has 0 unspecified atom stereocenters. The number of benzene rings is 2. The second-order valence-corrected chi connectivity index (χ2v) is 12.0. The summed E-state index contributed by atoms with van der Waals surface area (Å²) in [6, 6.07) is 8.78. The summed E-state index contributed by atoms with van der Waals surface area (Å²) in [4.78, 5) is 46.2. The van der Waals surface area contributed by atoms with Crippen LogP contribution in [0.1, 0.15) is 59.7 Å². The van der Waals surface area contributed by atoms with Gasteiger partial charge in [0.15, 0.2) is 28.1 Å². The van der Waals surface area contributed by atoms with Crippen molar-refractivity contribution in [2.24, 2.45) is 5.92 Å². The number of carbonyl (C=O) groups excluding carboxylic acids is 3. The number of aryl methyl sites for hydroxylation is 1. The number of esters is 1. The maximum absolute atomic E-state index is 13.8. The van der Waals surface area contributed by atoms with Crippen molar-refractivity contribution in [2.45, 2.75) is 40.2 Å². The minimum absolute atomic E-state index is 0.00263. The van der Waals surface area contributed by atoms with Crippen LogP contribution in [0.3, 0.4) is 0 Å². The van der Waals surface area contributed by atoms with Gasteiger partial charge in [0, 0.05) is 5.56 Å². The molecule has 3 heterocycles. The summed E-state index contributed by atoms with van der Waals surface area (Å²) in [6.45, 7) is 12.7. The van der Waals surface area contributed by atoms with Gasteiger partial charge in [-0.2, -0.15) is 0 Å². The number of rotatable bonds is 12. The van der Waals surface area contributed by atoms with Gasteiger partial charge in [-0.15, -0.1) is 0 Å². The number of carbonyl (C=O) groups is 3. The minimum atomic E-state index is -1.13. The predicted molar refractivity (Wildman–Crippen MR) is 172 cm³/mol. The highest BCUT2D eigenvalue weighted by Gasteiger charge is 2.49. The van der Waals surface area contributed by atoms with E-state index in [-0.39, 0.29) is 27.8 Å². The number of ketones is 1. The molecule has 1 atom stereocenters. The molecule has 11 nitrogen and oxygen atoms in total. The van der Waals surface area contributed by atoms with Crippen molar-refractivity contribution in [1.82, 2.24) is 4.98 Å². The molecule has 0 bridgehead atoms. The van der Waals surface area contributed by atoms with Gasteiger partial charge in [-0.25, -0.2) is 9.78 Å². The predicted octanol–water partition coefficient (Wildman–Crippen LogP) is 6.02. The number of aromatic nitrogens is 1. The Morgan fingerprint density at radius 1 is 1.13 bits per heavy atom. The van der Waals surface area contributed by atoms with Crippen LogP contribution in [0.15, 0.2) is 54.6 Å². The van der Waals surface area contributed by atoms with Crippen molar-refractivity contribution in [3.05, 3.63) is 76.3 Å². The normalized spacial score (nSPS) is 16.9. The van der Waals surface area contributed by atoms with Crippen LogP contribution in [0.2, 0.25) is 0 Å². The van der Waals surface area contributed by atoms with Gasteiger partial charge in [-0.05, 0) is 62.1 Å². The molecule has 2 aliphatic rings. The van der Waals surface area contributed by atoms with Crippen molar-refractivity contribution in [2.75, 3.05) is 37.9 Å². The highest BCUT2D eigenvalue weighted by atomic mass is 32.1. The molecule has 5 rings (SSSR count). The third-order valence-corrected chi connectivity index (χ3v) is 8.44. The van der Waals surface area contributed by atoms with Gasteiger partial charge in [0.25, 0.3) is 5.78 Å². The SMILES string of the molecule is C=CCOC(=O)c1sc(N2C(=O)C(=O)/C(=C(/O)c3ccc4c(c3)OCCO4)[C@@H]2c2ccc(OCCC(C)C)c(OCC)c2)nc1C. The molecule has 2 aromatic carbocycles. The van der Waals surface area contributed by atoms with E-state index < -0.39 is 29.5 Å². The van der Waals surface area contributed by atoms with Crippen LogP contribution in [0.5, 0.6) is 23.0 Å². The fourth-order valence-electron chi connectivity index (χ4n) is 5.05. The first kappa shape index (κ1) is 32.6. The van der Waals surface area contributed by atoms with Gasteiger partial charge in [0.1, 0.15) is 30.5 Å². The Morgan fingerprint density at radius 3 is 2.61 bits per heavy atom. The van der Waals surface area contributed by atoms with E-state index in [2.05, 4.69) is 25.4 Å². The average Bonchev–Trinajstić information content (AvgIpc) is 3.55.